The fourth-order valence-corrected chi connectivity index (χ4v) is 7.01. The normalized spacial score (nSPS) is 15.0. The van der Waals surface area contributed by atoms with Gasteiger partial charge in [0.25, 0.3) is 0 Å². The Balaban J connectivity index is 1.46. The number of hydrogen-bond acceptors (Lipinski definition) is 9. The number of amides is 4. The second-order valence-electron chi connectivity index (χ2n) is 13.2. The van der Waals surface area contributed by atoms with Gasteiger partial charge in [0.15, 0.2) is 0 Å². The summed E-state index contributed by atoms with van der Waals surface area (Å²) >= 11 is 3.16. The van der Waals surface area contributed by atoms with Gasteiger partial charge in [-0.15, -0.1) is 23.1 Å². The number of carbonyl (C=O) groups excluding carboxylic acids is 3. The molecule has 0 radical (unpaired) electrons. The van der Waals surface area contributed by atoms with Crippen LogP contribution in [0.25, 0.3) is 0 Å². The van der Waals surface area contributed by atoms with E-state index >= 15 is 0 Å². The van der Waals surface area contributed by atoms with Crippen LogP contribution in [-0.2, 0) is 28.9 Å². The van der Waals surface area contributed by atoms with Crippen LogP contribution in [0.15, 0.2) is 77.1 Å². The number of thioether (sulfide) groups is 1. The van der Waals surface area contributed by atoms with Gasteiger partial charge in [0, 0.05) is 24.4 Å². The topological polar surface area (TPSA) is 145 Å². The highest BCUT2D eigenvalue weighted by Crippen LogP contribution is 2.20. The molecule has 13 heteroatoms. The quantitative estimate of drug-likeness (QED) is 0.125. The number of aromatic nitrogens is 1. The van der Waals surface area contributed by atoms with E-state index in [1.165, 1.54) is 4.90 Å². The molecule has 3 aromatic rings. The van der Waals surface area contributed by atoms with Crippen molar-refractivity contribution in [1.29, 1.82) is 0 Å². The fraction of sp³-hybridized carbons (Fsp3) is 0.459. The first-order valence-electron chi connectivity index (χ1n) is 17.0. The van der Waals surface area contributed by atoms with E-state index in [0.29, 0.717) is 25.3 Å². The fourth-order valence-electron chi connectivity index (χ4n) is 5.48. The number of thiazole rings is 1. The summed E-state index contributed by atoms with van der Waals surface area (Å²) in [5, 5.41) is 28.6. The molecule has 4 atom stereocenters. The van der Waals surface area contributed by atoms with Gasteiger partial charge >= 0.3 is 12.1 Å². The Morgan fingerprint density at radius 2 is 1.62 bits per heavy atom. The van der Waals surface area contributed by atoms with Gasteiger partial charge < -0.3 is 36.0 Å². The number of hydrogen-bond donors (Lipinski definition) is 5. The SMILES string of the molecule is CC(C)c1nc(CN(C)C(=O)N[C@H](C(=O)NC(Cc2ccccc2)CC(O)C(Cc2ccccc2)NC(=O)OCC2=CSCN2)C(C)C)cs1. The molecule has 1 aliphatic heterocycles. The number of urea groups is 1. The van der Waals surface area contributed by atoms with E-state index < -0.39 is 30.3 Å². The average molecular weight is 723 g/mol. The molecule has 50 heavy (non-hydrogen) atoms. The maximum absolute atomic E-state index is 13.9. The second kappa shape index (κ2) is 19.4. The summed E-state index contributed by atoms with van der Waals surface area (Å²) in [4.78, 5) is 46.2. The van der Waals surface area contributed by atoms with E-state index in [-0.39, 0.29) is 30.9 Å². The lowest BCUT2D eigenvalue weighted by Crippen LogP contribution is -2.55. The predicted molar refractivity (Wildman–Crippen MR) is 200 cm³/mol. The lowest BCUT2D eigenvalue weighted by molar-refractivity contribution is -0.124. The number of carbonyl (C=O) groups is 3. The van der Waals surface area contributed by atoms with E-state index in [1.54, 1.807) is 30.1 Å². The summed E-state index contributed by atoms with van der Waals surface area (Å²) in [5.74, 6) is 0.465. The molecule has 1 aliphatic rings. The number of nitrogens with one attached hydrogen (secondary N) is 4. The summed E-state index contributed by atoms with van der Waals surface area (Å²) in [6, 6.07) is 16.9. The van der Waals surface area contributed by atoms with Crippen molar-refractivity contribution in [3.63, 3.8) is 0 Å². The third kappa shape index (κ3) is 12.4. The first-order valence-corrected chi connectivity index (χ1v) is 18.9. The minimum absolute atomic E-state index is 0.0972. The molecule has 2 heterocycles. The summed E-state index contributed by atoms with van der Waals surface area (Å²) in [5.41, 5.74) is 3.52. The highest BCUT2D eigenvalue weighted by molar-refractivity contribution is 8.02. The molecule has 5 N–H and O–H groups in total. The molecular formula is C37H50N6O5S2. The Kier molecular flexibility index (Phi) is 15.0. The summed E-state index contributed by atoms with van der Waals surface area (Å²) in [6.45, 7) is 8.33. The Morgan fingerprint density at radius 3 is 2.20 bits per heavy atom. The van der Waals surface area contributed by atoms with Gasteiger partial charge in [0.1, 0.15) is 12.6 Å². The molecule has 0 fully saturated rings. The van der Waals surface area contributed by atoms with Crippen LogP contribution in [-0.4, -0.2) is 76.8 Å². The first kappa shape index (κ1) is 38.7. The van der Waals surface area contributed by atoms with Crippen molar-refractivity contribution in [1.82, 2.24) is 31.2 Å². The van der Waals surface area contributed by atoms with E-state index in [4.69, 9.17) is 4.74 Å². The van der Waals surface area contributed by atoms with E-state index in [2.05, 4.69) is 40.1 Å². The number of aliphatic hydroxyl groups is 1. The monoisotopic (exact) mass is 722 g/mol. The number of aliphatic hydroxyl groups excluding tert-OH is 1. The summed E-state index contributed by atoms with van der Waals surface area (Å²) < 4.78 is 5.45. The number of nitrogens with zero attached hydrogens (tertiary/aromatic N) is 2. The molecular weight excluding hydrogens is 673 g/mol. The minimum atomic E-state index is -1.04. The Labute approximate surface area is 303 Å². The molecule has 4 amide bonds. The van der Waals surface area contributed by atoms with Gasteiger partial charge in [-0.2, -0.15) is 0 Å². The Hall–Kier alpha value is -4.07. The minimum Gasteiger partial charge on any atom is -0.443 e. The molecule has 11 nitrogen and oxygen atoms in total. The van der Waals surface area contributed by atoms with Crippen LogP contribution in [0.1, 0.15) is 61.9 Å². The number of rotatable bonds is 17. The lowest BCUT2D eigenvalue weighted by Gasteiger charge is -2.30. The third-order valence-electron chi connectivity index (χ3n) is 8.27. The molecule has 270 valence electrons. The molecule has 0 saturated heterocycles. The summed E-state index contributed by atoms with van der Waals surface area (Å²) in [7, 11) is 1.68. The van der Waals surface area contributed by atoms with Crippen LogP contribution in [0.4, 0.5) is 9.59 Å². The first-order chi connectivity index (χ1) is 24.0. The zero-order valence-electron chi connectivity index (χ0n) is 29.4. The molecule has 0 saturated carbocycles. The van der Waals surface area contributed by atoms with Crippen molar-refractivity contribution in [2.24, 2.45) is 5.92 Å². The Morgan fingerprint density at radius 1 is 0.960 bits per heavy atom. The van der Waals surface area contributed by atoms with E-state index in [0.717, 1.165) is 33.4 Å². The highest BCUT2D eigenvalue weighted by Gasteiger charge is 2.31. The molecule has 2 aromatic carbocycles. The van der Waals surface area contributed by atoms with E-state index in [1.807, 2.05) is 85.3 Å². The maximum atomic E-state index is 13.9. The standard InChI is InChI=1S/C37H50N6O5S2/c1-24(2)33(42-36(46)43(5)19-29-22-50-35(40-29)25(3)4)34(45)39-28(16-26-12-8-6-9-13-26)18-32(44)31(17-27-14-10-7-11-15-27)41-37(47)48-20-30-21-49-23-38-30/h6-15,21-22,24-25,28,31-33,38,44H,16-20,23H2,1-5H3,(H,39,45)(H,41,47)(H,42,46)/t28?,31?,32?,33-/m0/s1. The zero-order chi connectivity index (χ0) is 36.0. The maximum Gasteiger partial charge on any atom is 0.407 e. The van der Waals surface area contributed by atoms with Crippen LogP contribution in [0.5, 0.6) is 0 Å². The van der Waals surface area contributed by atoms with Crippen LogP contribution in [0.2, 0.25) is 0 Å². The van der Waals surface area contributed by atoms with Gasteiger partial charge in [0.2, 0.25) is 5.91 Å². The molecule has 1 aromatic heterocycles. The molecule has 3 unspecified atom stereocenters. The van der Waals surface area contributed by atoms with Crippen LogP contribution in [0.3, 0.4) is 0 Å². The molecule has 4 rings (SSSR count). The number of alkyl carbamates (subject to hydrolysis) is 1. The average Bonchev–Trinajstić information content (AvgIpc) is 3.79. The van der Waals surface area contributed by atoms with Crippen molar-refractivity contribution < 1.29 is 24.2 Å². The second-order valence-corrected chi connectivity index (χ2v) is 15.0. The van der Waals surface area contributed by atoms with Gasteiger partial charge in [-0.3, -0.25) is 4.79 Å². The molecule has 0 spiro atoms. The van der Waals surface area contributed by atoms with Crippen molar-refractivity contribution in [2.75, 3.05) is 19.5 Å². The highest BCUT2D eigenvalue weighted by atomic mass is 32.2. The Bertz CT molecular complexity index is 1550. The van der Waals surface area contributed by atoms with Gasteiger partial charge in [-0.25, -0.2) is 14.6 Å². The van der Waals surface area contributed by atoms with Crippen LogP contribution >= 0.6 is 23.1 Å². The van der Waals surface area contributed by atoms with Crippen molar-refractivity contribution >= 4 is 41.1 Å². The zero-order valence-corrected chi connectivity index (χ0v) is 31.1. The van der Waals surface area contributed by atoms with Gasteiger partial charge in [-0.05, 0) is 41.7 Å². The van der Waals surface area contributed by atoms with Gasteiger partial charge in [-0.1, -0.05) is 88.4 Å². The van der Waals surface area contributed by atoms with Crippen molar-refractivity contribution in [2.45, 2.75) is 83.6 Å². The number of benzene rings is 2. The summed E-state index contributed by atoms with van der Waals surface area (Å²) in [6.07, 6.45) is -0.748. The lowest BCUT2D eigenvalue weighted by atomic mass is 9.93. The van der Waals surface area contributed by atoms with Crippen LogP contribution in [0, 0.1) is 5.92 Å². The largest absolute Gasteiger partial charge is 0.443 e. The van der Waals surface area contributed by atoms with Gasteiger partial charge in [0.05, 0.1) is 41.0 Å². The van der Waals surface area contributed by atoms with Crippen molar-refractivity contribution in [3.05, 3.63) is 99.0 Å². The smallest absolute Gasteiger partial charge is 0.407 e. The van der Waals surface area contributed by atoms with Crippen LogP contribution < -0.4 is 21.3 Å². The van der Waals surface area contributed by atoms with Crippen molar-refractivity contribution in [3.8, 4) is 0 Å². The molecule has 0 aliphatic carbocycles. The predicted octanol–water partition coefficient (Wildman–Crippen LogP) is 5.38. The molecule has 0 bridgehead atoms. The van der Waals surface area contributed by atoms with E-state index in [9.17, 15) is 19.5 Å². The number of ether oxygens (including phenoxy) is 1. The third-order valence-corrected chi connectivity index (χ3v) is 10.2.